The van der Waals surface area contributed by atoms with Crippen LogP contribution in [0.1, 0.15) is 5.56 Å². The van der Waals surface area contributed by atoms with E-state index in [1.165, 1.54) is 12.1 Å². The summed E-state index contributed by atoms with van der Waals surface area (Å²) >= 11 is 0. The summed E-state index contributed by atoms with van der Waals surface area (Å²) in [6.45, 7) is 1.93. The van der Waals surface area contributed by atoms with Gasteiger partial charge in [-0.3, -0.25) is 0 Å². The van der Waals surface area contributed by atoms with E-state index in [1.54, 1.807) is 13.2 Å². The average Bonchev–Trinajstić information content (AvgIpc) is 2.33. The topological polar surface area (TPSA) is 29.5 Å². The maximum Gasteiger partial charge on any atom is 0.164 e. The van der Waals surface area contributed by atoms with E-state index in [-0.39, 0.29) is 5.75 Å². The summed E-state index contributed by atoms with van der Waals surface area (Å²) in [5.74, 6) is -0.190. The number of phenolic OH excluding ortho intramolecular Hbond substituents is 1. The number of aromatic hydroxyl groups is 1. The summed E-state index contributed by atoms with van der Waals surface area (Å²) in [6.07, 6.45) is 0. The van der Waals surface area contributed by atoms with E-state index in [9.17, 15) is 9.50 Å². The predicted octanol–water partition coefficient (Wildman–Crippen LogP) is 3.52. The SMILES string of the molecule is COc1cccc(-c2ccc(F)c(O)c2)c1C. The summed E-state index contributed by atoms with van der Waals surface area (Å²) in [6, 6.07) is 9.94. The van der Waals surface area contributed by atoms with Crippen molar-refractivity contribution >= 4 is 0 Å². The van der Waals surface area contributed by atoms with Crippen molar-refractivity contribution in [1.29, 1.82) is 0 Å². The number of methoxy groups -OCH3 is 1. The van der Waals surface area contributed by atoms with Gasteiger partial charge < -0.3 is 9.84 Å². The molecule has 0 unspecified atom stereocenters. The van der Waals surface area contributed by atoms with E-state index >= 15 is 0 Å². The second-order valence-electron chi connectivity index (χ2n) is 3.80. The third kappa shape index (κ3) is 2.09. The molecular formula is C14H13FO2. The lowest BCUT2D eigenvalue weighted by atomic mass is 9.99. The van der Waals surface area contributed by atoms with Crippen LogP contribution in [0.2, 0.25) is 0 Å². The monoisotopic (exact) mass is 232 g/mol. The Morgan fingerprint density at radius 1 is 1.18 bits per heavy atom. The average molecular weight is 232 g/mol. The molecule has 3 heteroatoms. The largest absolute Gasteiger partial charge is 0.505 e. The second kappa shape index (κ2) is 4.45. The lowest BCUT2D eigenvalue weighted by Gasteiger charge is -2.10. The molecule has 0 atom stereocenters. The Morgan fingerprint density at radius 3 is 2.59 bits per heavy atom. The van der Waals surface area contributed by atoms with Crippen molar-refractivity contribution in [1.82, 2.24) is 0 Å². The molecule has 0 aliphatic heterocycles. The fourth-order valence-electron chi connectivity index (χ4n) is 1.83. The molecule has 0 aliphatic rings. The van der Waals surface area contributed by atoms with Crippen molar-refractivity contribution in [2.24, 2.45) is 0 Å². The van der Waals surface area contributed by atoms with Gasteiger partial charge in [0.25, 0.3) is 0 Å². The van der Waals surface area contributed by atoms with Crippen LogP contribution in [0.25, 0.3) is 11.1 Å². The van der Waals surface area contributed by atoms with Gasteiger partial charge in [0, 0.05) is 0 Å². The van der Waals surface area contributed by atoms with Gasteiger partial charge in [0.2, 0.25) is 0 Å². The molecule has 0 bridgehead atoms. The highest BCUT2D eigenvalue weighted by atomic mass is 19.1. The van der Waals surface area contributed by atoms with Crippen LogP contribution in [-0.2, 0) is 0 Å². The number of halogens is 1. The third-order valence-corrected chi connectivity index (χ3v) is 2.76. The van der Waals surface area contributed by atoms with Gasteiger partial charge in [0.05, 0.1) is 7.11 Å². The maximum atomic E-state index is 13.0. The van der Waals surface area contributed by atoms with Gasteiger partial charge in [0.15, 0.2) is 11.6 Å². The van der Waals surface area contributed by atoms with Gasteiger partial charge in [-0.25, -0.2) is 4.39 Å². The first-order chi connectivity index (χ1) is 8.13. The summed E-state index contributed by atoms with van der Waals surface area (Å²) in [4.78, 5) is 0. The van der Waals surface area contributed by atoms with Crippen molar-refractivity contribution in [3.63, 3.8) is 0 Å². The minimum absolute atomic E-state index is 0.343. The van der Waals surface area contributed by atoms with Crippen molar-refractivity contribution in [3.05, 3.63) is 47.8 Å². The summed E-state index contributed by atoms with van der Waals surface area (Å²) in [7, 11) is 1.61. The molecule has 2 aromatic carbocycles. The quantitative estimate of drug-likeness (QED) is 0.858. The van der Waals surface area contributed by atoms with Gasteiger partial charge >= 0.3 is 0 Å². The van der Waals surface area contributed by atoms with Crippen LogP contribution < -0.4 is 4.74 Å². The van der Waals surface area contributed by atoms with Crippen molar-refractivity contribution in [2.75, 3.05) is 7.11 Å². The van der Waals surface area contributed by atoms with Gasteiger partial charge in [-0.05, 0) is 41.8 Å². The van der Waals surface area contributed by atoms with Crippen LogP contribution in [0.3, 0.4) is 0 Å². The first kappa shape index (κ1) is 11.5. The number of benzene rings is 2. The van der Waals surface area contributed by atoms with Gasteiger partial charge in [-0.1, -0.05) is 18.2 Å². The highest BCUT2D eigenvalue weighted by molar-refractivity contribution is 5.70. The minimum atomic E-state index is -0.616. The van der Waals surface area contributed by atoms with Gasteiger partial charge in [-0.2, -0.15) is 0 Å². The zero-order valence-electron chi connectivity index (χ0n) is 9.70. The van der Waals surface area contributed by atoms with E-state index in [1.807, 2.05) is 25.1 Å². The summed E-state index contributed by atoms with van der Waals surface area (Å²) in [5, 5.41) is 9.37. The lowest BCUT2D eigenvalue weighted by Crippen LogP contribution is -1.90. The Bertz CT molecular complexity index is 550. The van der Waals surface area contributed by atoms with Crippen LogP contribution in [0, 0.1) is 12.7 Å². The third-order valence-electron chi connectivity index (χ3n) is 2.76. The molecule has 0 saturated heterocycles. The van der Waals surface area contributed by atoms with E-state index in [0.717, 1.165) is 22.4 Å². The first-order valence-electron chi connectivity index (χ1n) is 5.26. The van der Waals surface area contributed by atoms with E-state index in [2.05, 4.69) is 0 Å². The maximum absolute atomic E-state index is 13.0. The van der Waals surface area contributed by atoms with E-state index in [0.29, 0.717) is 0 Å². The zero-order valence-corrected chi connectivity index (χ0v) is 9.70. The lowest BCUT2D eigenvalue weighted by molar-refractivity contribution is 0.412. The number of rotatable bonds is 2. The molecule has 88 valence electrons. The van der Waals surface area contributed by atoms with Gasteiger partial charge in [0.1, 0.15) is 5.75 Å². The molecule has 2 aromatic rings. The highest BCUT2D eigenvalue weighted by Crippen LogP contribution is 2.32. The number of ether oxygens (including phenoxy) is 1. The fraction of sp³-hybridized carbons (Fsp3) is 0.143. The molecule has 0 spiro atoms. The second-order valence-corrected chi connectivity index (χ2v) is 3.80. The Morgan fingerprint density at radius 2 is 1.94 bits per heavy atom. The smallest absolute Gasteiger partial charge is 0.164 e. The molecule has 0 aliphatic carbocycles. The van der Waals surface area contributed by atoms with E-state index in [4.69, 9.17) is 4.74 Å². The Balaban J connectivity index is 2.56. The Hall–Kier alpha value is -2.03. The van der Waals surface area contributed by atoms with Crippen molar-refractivity contribution in [2.45, 2.75) is 6.92 Å². The molecule has 17 heavy (non-hydrogen) atoms. The predicted molar refractivity (Wildman–Crippen MR) is 64.8 cm³/mol. The molecular weight excluding hydrogens is 219 g/mol. The first-order valence-corrected chi connectivity index (χ1v) is 5.26. The van der Waals surface area contributed by atoms with Crippen LogP contribution in [0.15, 0.2) is 36.4 Å². The molecule has 0 fully saturated rings. The molecule has 2 nitrogen and oxygen atoms in total. The van der Waals surface area contributed by atoms with Gasteiger partial charge in [-0.15, -0.1) is 0 Å². The molecule has 2 rings (SSSR count). The molecule has 0 radical (unpaired) electrons. The van der Waals surface area contributed by atoms with Crippen LogP contribution in [0.5, 0.6) is 11.5 Å². The Kier molecular flexibility index (Phi) is 3.00. The summed E-state index contributed by atoms with van der Waals surface area (Å²) < 4.78 is 18.2. The van der Waals surface area contributed by atoms with Crippen molar-refractivity contribution < 1.29 is 14.2 Å². The van der Waals surface area contributed by atoms with Crippen LogP contribution in [0.4, 0.5) is 4.39 Å². The minimum Gasteiger partial charge on any atom is -0.505 e. The van der Waals surface area contributed by atoms with Crippen LogP contribution >= 0.6 is 0 Å². The molecule has 0 heterocycles. The number of hydrogen-bond donors (Lipinski definition) is 1. The molecule has 1 N–H and O–H groups in total. The highest BCUT2D eigenvalue weighted by Gasteiger charge is 2.08. The summed E-state index contributed by atoms with van der Waals surface area (Å²) in [5.41, 5.74) is 2.64. The molecule has 0 amide bonds. The normalized spacial score (nSPS) is 10.3. The Labute approximate surface area is 99.3 Å². The van der Waals surface area contributed by atoms with Crippen LogP contribution in [-0.4, -0.2) is 12.2 Å². The number of phenols is 1. The van der Waals surface area contributed by atoms with Crippen molar-refractivity contribution in [3.8, 4) is 22.6 Å². The molecule has 0 saturated carbocycles. The molecule has 0 aromatic heterocycles. The fourth-order valence-corrected chi connectivity index (χ4v) is 1.83. The number of hydrogen-bond acceptors (Lipinski definition) is 2. The van der Waals surface area contributed by atoms with E-state index < -0.39 is 5.82 Å². The zero-order chi connectivity index (χ0) is 12.4. The standard InChI is InChI=1S/C14H13FO2/c1-9-11(4-3-5-14(9)17-2)10-6-7-12(15)13(16)8-10/h3-8,16H,1-2H3.